The van der Waals surface area contributed by atoms with Gasteiger partial charge in [-0.3, -0.25) is 19.7 Å². The van der Waals surface area contributed by atoms with Gasteiger partial charge < -0.3 is 10.1 Å². The normalized spacial score (nSPS) is 11.5. The van der Waals surface area contributed by atoms with E-state index < -0.39 is 22.9 Å². The molecule has 2 aromatic rings. The van der Waals surface area contributed by atoms with Crippen molar-refractivity contribution in [3.05, 3.63) is 64.5 Å². The molecule has 0 aliphatic carbocycles. The van der Waals surface area contributed by atoms with E-state index in [1.165, 1.54) is 55.1 Å². The third-order valence-electron chi connectivity index (χ3n) is 3.39. The van der Waals surface area contributed by atoms with Crippen LogP contribution in [0.25, 0.3) is 0 Å². The number of carbonyl (C=O) groups excluding carboxylic acids is 2. The summed E-state index contributed by atoms with van der Waals surface area (Å²) in [5.41, 5.74) is 0.0826. The van der Waals surface area contributed by atoms with Crippen LogP contribution >= 0.6 is 11.8 Å². The highest BCUT2D eigenvalue weighted by atomic mass is 32.2. The summed E-state index contributed by atoms with van der Waals surface area (Å²) in [6.45, 7) is 1.41. The van der Waals surface area contributed by atoms with Crippen LogP contribution in [0.5, 0.6) is 0 Å². The number of hydrogen-bond donors (Lipinski definition) is 1. The largest absolute Gasteiger partial charge is 0.453 e. The van der Waals surface area contributed by atoms with Crippen LogP contribution < -0.4 is 5.32 Å². The molecule has 0 fully saturated rings. The van der Waals surface area contributed by atoms with Gasteiger partial charge in [0, 0.05) is 28.5 Å². The highest BCUT2D eigenvalue weighted by Crippen LogP contribution is 2.20. The molecule has 142 valence electrons. The van der Waals surface area contributed by atoms with Crippen molar-refractivity contribution in [2.75, 3.05) is 11.1 Å². The van der Waals surface area contributed by atoms with E-state index in [-0.39, 0.29) is 23.6 Å². The lowest BCUT2D eigenvalue weighted by molar-refractivity contribution is -0.384. The molecule has 0 aliphatic rings. The van der Waals surface area contributed by atoms with Gasteiger partial charge in [-0.25, -0.2) is 4.39 Å². The number of rotatable bonds is 8. The third-order valence-corrected chi connectivity index (χ3v) is 4.40. The number of amides is 1. The minimum atomic E-state index is -1.05. The number of nitrogens with zero attached hydrogens (tertiary/aromatic N) is 1. The topological polar surface area (TPSA) is 98.5 Å². The van der Waals surface area contributed by atoms with Crippen LogP contribution in [0, 0.1) is 15.9 Å². The Kier molecular flexibility index (Phi) is 7.30. The molecule has 0 heterocycles. The maximum absolute atomic E-state index is 12.8. The van der Waals surface area contributed by atoms with Crippen molar-refractivity contribution in [3.63, 3.8) is 0 Å². The average molecular weight is 392 g/mol. The van der Waals surface area contributed by atoms with E-state index >= 15 is 0 Å². The second-order valence-electron chi connectivity index (χ2n) is 5.48. The molecule has 0 radical (unpaired) electrons. The molecule has 2 rings (SSSR count). The molecule has 0 aliphatic heterocycles. The Morgan fingerprint density at radius 3 is 2.63 bits per heavy atom. The van der Waals surface area contributed by atoms with Gasteiger partial charge in [-0.15, -0.1) is 11.8 Å². The van der Waals surface area contributed by atoms with E-state index in [2.05, 4.69) is 5.32 Å². The molecule has 1 amide bonds. The second-order valence-corrected chi connectivity index (χ2v) is 6.65. The number of carbonyl (C=O) groups is 2. The molecule has 0 saturated carbocycles. The molecule has 0 aromatic heterocycles. The Hall–Kier alpha value is -2.94. The molecule has 0 saturated heterocycles. The van der Waals surface area contributed by atoms with E-state index in [9.17, 15) is 24.1 Å². The SMILES string of the molecule is CC(OC(=O)CCSc1ccc(F)cc1)C(=O)Nc1cccc([N+](=O)[O-])c1. The quantitative estimate of drug-likeness (QED) is 0.318. The van der Waals surface area contributed by atoms with Crippen LogP contribution in [0.4, 0.5) is 15.8 Å². The van der Waals surface area contributed by atoms with Gasteiger partial charge in [0.15, 0.2) is 6.10 Å². The van der Waals surface area contributed by atoms with Crippen molar-refractivity contribution >= 4 is 35.0 Å². The van der Waals surface area contributed by atoms with E-state index in [0.29, 0.717) is 5.75 Å². The Balaban J connectivity index is 1.77. The summed E-state index contributed by atoms with van der Waals surface area (Å²) in [5, 5.41) is 13.2. The number of benzene rings is 2. The van der Waals surface area contributed by atoms with Crippen molar-refractivity contribution in [2.24, 2.45) is 0 Å². The molecule has 2 aromatic carbocycles. The van der Waals surface area contributed by atoms with Gasteiger partial charge in [-0.05, 0) is 37.3 Å². The highest BCUT2D eigenvalue weighted by Gasteiger charge is 2.18. The van der Waals surface area contributed by atoms with Crippen molar-refractivity contribution in [1.82, 2.24) is 0 Å². The lowest BCUT2D eigenvalue weighted by atomic mass is 10.2. The monoisotopic (exact) mass is 392 g/mol. The number of hydrogen-bond acceptors (Lipinski definition) is 6. The predicted molar refractivity (Wildman–Crippen MR) is 99.0 cm³/mol. The van der Waals surface area contributed by atoms with Gasteiger partial charge in [0.25, 0.3) is 11.6 Å². The Labute approximate surface area is 159 Å². The molecule has 1 atom stereocenters. The van der Waals surface area contributed by atoms with Crippen LogP contribution in [0.15, 0.2) is 53.4 Å². The predicted octanol–water partition coefficient (Wildman–Crippen LogP) is 3.79. The Morgan fingerprint density at radius 1 is 1.26 bits per heavy atom. The van der Waals surface area contributed by atoms with Gasteiger partial charge in [0.2, 0.25) is 0 Å². The zero-order chi connectivity index (χ0) is 19.8. The maximum Gasteiger partial charge on any atom is 0.307 e. The zero-order valence-electron chi connectivity index (χ0n) is 14.4. The van der Waals surface area contributed by atoms with Crippen molar-refractivity contribution in [2.45, 2.75) is 24.3 Å². The molecule has 1 unspecified atom stereocenters. The molecule has 9 heteroatoms. The molecule has 27 heavy (non-hydrogen) atoms. The van der Waals surface area contributed by atoms with E-state index in [0.717, 1.165) is 4.90 Å². The Bertz CT molecular complexity index is 829. The fourth-order valence-corrected chi connectivity index (χ4v) is 2.87. The zero-order valence-corrected chi connectivity index (χ0v) is 15.2. The third kappa shape index (κ3) is 6.70. The van der Waals surface area contributed by atoms with E-state index in [1.807, 2.05) is 0 Å². The number of anilines is 1. The van der Waals surface area contributed by atoms with Crippen LogP contribution in [-0.4, -0.2) is 28.7 Å². The summed E-state index contributed by atoms with van der Waals surface area (Å²) in [7, 11) is 0. The highest BCUT2D eigenvalue weighted by molar-refractivity contribution is 7.99. The second kappa shape index (κ2) is 9.67. The van der Waals surface area contributed by atoms with Gasteiger partial charge in [-0.2, -0.15) is 0 Å². The fourth-order valence-electron chi connectivity index (χ4n) is 2.03. The van der Waals surface area contributed by atoms with Crippen LogP contribution in [0.2, 0.25) is 0 Å². The number of halogens is 1. The summed E-state index contributed by atoms with van der Waals surface area (Å²) in [5.74, 6) is -1.05. The first-order valence-electron chi connectivity index (χ1n) is 7.98. The van der Waals surface area contributed by atoms with Crippen LogP contribution in [-0.2, 0) is 14.3 Å². The lowest BCUT2D eigenvalue weighted by Gasteiger charge is -2.13. The number of esters is 1. The van der Waals surface area contributed by atoms with Crippen molar-refractivity contribution < 1.29 is 23.6 Å². The molecular formula is C18H17FN2O5S. The average Bonchev–Trinajstić information content (AvgIpc) is 2.63. The minimum Gasteiger partial charge on any atom is -0.453 e. The summed E-state index contributed by atoms with van der Waals surface area (Å²) in [6, 6.07) is 11.3. The number of non-ortho nitro benzene ring substituents is 1. The number of nitrogens with one attached hydrogen (secondary N) is 1. The number of ether oxygens (including phenoxy) is 1. The fraction of sp³-hybridized carbons (Fsp3) is 0.222. The first-order chi connectivity index (χ1) is 12.8. The summed E-state index contributed by atoms with van der Waals surface area (Å²) < 4.78 is 17.9. The van der Waals surface area contributed by atoms with Crippen molar-refractivity contribution in [1.29, 1.82) is 0 Å². The van der Waals surface area contributed by atoms with Crippen molar-refractivity contribution in [3.8, 4) is 0 Å². The first-order valence-corrected chi connectivity index (χ1v) is 8.97. The summed E-state index contributed by atoms with van der Waals surface area (Å²) in [6.07, 6.45) is -0.969. The van der Waals surface area contributed by atoms with E-state index in [1.54, 1.807) is 12.1 Å². The van der Waals surface area contributed by atoms with Gasteiger partial charge in [0.05, 0.1) is 11.3 Å². The number of nitro benzene ring substituents is 1. The van der Waals surface area contributed by atoms with E-state index in [4.69, 9.17) is 4.74 Å². The molecular weight excluding hydrogens is 375 g/mol. The smallest absolute Gasteiger partial charge is 0.307 e. The van der Waals surface area contributed by atoms with Gasteiger partial charge in [-0.1, -0.05) is 6.07 Å². The molecule has 0 bridgehead atoms. The first kappa shape index (κ1) is 20.4. The van der Waals surface area contributed by atoms with Crippen LogP contribution in [0.3, 0.4) is 0 Å². The summed E-state index contributed by atoms with van der Waals surface area (Å²) in [4.78, 5) is 34.9. The molecule has 7 nitrogen and oxygen atoms in total. The molecule has 0 spiro atoms. The van der Waals surface area contributed by atoms with Gasteiger partial charge in [0.1, 0.15) is 5.82 Å². The van der Waals surface area contributed by atoms with Gasteiger partial charge >= 0.3 is 5.97 Å². The number of nitro groups is 1. The summed E-state index contributed by atoms with van der Waals surface area (Å²) >= 11 is 1.37. The van der Waals surface area contributed by atoms with Crippen LogP contribution in [0.1, 0.15) is 13.3 Å². The minimum absolute atomic E-state index is 0.0798. The standard InChI is InChI=1S/C18H17FN2O5S/c1-12(18(23)20-14-3-2-4-15(11-14)21(24)25)26-17(22)9-10-27-16-7-5-13(19)6-8-16/h2-8,11-12H,9-10H2,1H3,(H,20,23). The number of thioether (sulfide) groups is 1. The lowest BCUT2D eigenvalue weighted by Crippen LogP contribution is -2.30. The molecule has 1 N–H and O–H groups in total. The Morgan fingerprint density at radius 2 is 1.96 bits per heavy atom. The maximum atomic E-state index is 12.8.